The third-order valence-electron chi connectivity index (χ3n) is 6.89. The number of thiol groups is 2. The number of thioether (sulfide) groups is 1. The van der Waals surface area contributed by atoms with Crippen molar-refractivity contribution in [2.24, 2.45) is 0 Å². The Hall–Kier alpha value is -1.78. The zero-order valence-corrected chi connectivity index (χ0v) is 28.5. The summed E-state index contributed by atoms with van der Waals surface area (Å²) >= 11 is 9.43. The lowest BCUT2D eigenvalue weighted by Gasteiger charge is -2.44. The molecule has 3 rings (SSSR count). The quantitative estimate of drug-likeness (QED) is 0.0483. The van der Waals surface area contributed by atoms with E-state index in [1.807, 2.05) is 6.92 Å². The third-order valence-corrected chi connectivity index (χ3v) is 8.57. The Morgan fingerprint density at radius 1 is 1.00 bits per heavy atom. The fraction of sp³-hybridized carbons (Fsp3) is 0.581. The van der Waals surface area contributed by atoms with Crippen LogP contribution in [0.2, 0.25) is 0 Å². The van der Waals surface area contributed by atoms with Crippen LogP contribution in [0.3, 0.4) is 0 Å². The van der Waals surface area contributed by atoms with Crippen molar-refractivity contribution >= 4 is 43.0 Å². The second kappa shape index (κ2) is 15.6. The summed E-state index contributed by atoms with van der Waals surface area (Å²) in [6.07, 6.45) is -7.76. The Bertz CT molecular complexity index is 1310. The van der Waals surface area contributed by atoms with Gasteiger partial charge in [0.05, 0.1) is 24.3 Å². The summed E-state index contributed by atoms with van der Waals surface area (Å²) in [5.41, 5.74) is -1.43. The highest BCUT2D eigenvalue weighted by molar-refractivity contribution is 8.00. The molecular formula is C31H39F6NO5S3. The third kappa shape index (κ3) is 12.7. The van der Waals surface area contributed by atoms with E-state index in [9.17, 15) is 31.1 Å². The van der Waals surface area contributed by atoms with Crippen LogP contribution in [0.4, 0.5) is 26.3 Å². The molecule has 6 nitrogen and oxygen atoms in total. The normalized spacial score (nSPS) is 17.4. The average molecular weight is 716 g/mol. The number of carbonyl (C=O) groups is 1. The molecule has 2 aromatic rings. The molecule has 2 aromatic carbocycles. The molecule has 46 heavy (non-hydrogen) atoms. The average Bonchev–Trinajstić information content (AvgIpc) is 2.92. The minimum atomic E-state index is -4.81. The van der Waals surface area contributed by atoms with Crippen molar-refractivity contribution in [3.05, 3.63) is 59.2 Å². The first-order valence-corrected chi connectivity index (χ1v) is 16.5. The fourth-order valence-corrected chi connectivity index (χ4v) is 6.00. The van der Waals surface area contributed by atoms with E-state index in [4.69, 9.17) is 14.2 Å². The van der Waals surface area contributed by atoms with Crippen molar-refractivity contribution in [3.63, 3.8) is 0 Å². The van der Waals surface area contributed by atoms with Crippen LogP contribution in [0.1, 0.15) is 63.6 Å². The SMILES string of the molecule is CCC(NC1(CCc2ccc(SCCCc3cccc(OC(F)(F)F)c3)c(C(F)(F)F)c2)COC(S)(S)OC1)C(=O)OC(C)(C)C. The van der Waals surface area contributed by atoms with E-state index in [0.717, 1.165) is 17.8 Å². The van der Waals surface area contributed by atoms with Gasteiger partial charge in [-0.05, 0) is 94.0 Å². The first kappa shape index (κ1) is 38.7. The number of halogens is 6. The van der Waals surface area contributed by atoms with Crippen LogP contribution in [-0.2, 0) is 38.0 Å². The molecule has 1 atom stereocenters. The van der Waals surface area contributed by atoms with Gasteiger partial charge in [-0.2, -0.15) is 13.2 Å². The van der Waals surface area contributed by atoms with Crippen LogP contribution in [0.15, 0.2) is 47.4 Å². The summed E-state index contributed by atoms with van der Waals surface area (Å²) in [7, 11) is 0. The smallest absolute Gasteiger partial charge is 0.459 e. The van der Waals surface area contributed by atoms with Crippen LogP contribution in [0, 0.1) is 0 Å². The maximum atomic E-state index is 14.1. The van der Waals surface area contributed by atoms with E-state index in [0.29, 0.717) is 36.1 Å². The van der Waals surface area contributed by atoms with Crippen molar-refractivity contribution in [1.82, 2.24) is 5.32 Å². The molecule has 1 N–H and O–H groups in total. The largest absolute Gasteiger partial charge is 0.573 e. The Labute approximate surface area is 280 Å². The van der Waals surface area contributed by atoms with Crippen LogP contribution < -0.4 is 10.1 Å². The van der Waals surface area contributed by atoms with Crippen molar-refractivity contribution in [3.8, 4) is 5.75 Å². The van der Waals surface area contributed by atoms with Gasteiger partial charge in [-0.15, -0.1) is 50.2 Å². The Morgan fingerprint density at radius 3 is 2.24 bits per heavy atom. The Morgan fingerprint density at radius 2 is 1.65 bits per heavy atom. The molecule has 1 fully saturated rings. The summed E-state index contributed by atoms with van der Waals surface area (Å²) in [5.74, 6) is -0.500. The van der Waals surface area contributed by atoms with Crippen LogP contribution >= 0.6 is 37.0 Å². The molecule has 1 aliphatic rings. The summed E-state index contributed by atoms with van der Waals surface area (Å²) in [5, 5.41) is 3.29. The van der Waals surface area contributed by atoms with Crippen LogP contribution in [0.5, 0.6) is 5.75 Å². The number of benzene rings is 2. The van der Waals surface area contributed by atoms with E-state index in [1.165, 1.54) is 24.3 Å². The number of aryl methyl sites for hydroxylation is 2. The molecule has 0 saturated carbocycles. The lowest BCUT2D eigenvalue weighted by atomic mass is 9.90. The number of hydrogen-bond acceptors (Lipinski definition) is 9. The van der Waals surface area contributed by atoms with E-state index in [1.54, 1.807) is 32.9 Å². The first-order valence-electron chi connectivity index (χ1n) is 14.6. The standard InChI is InChI=1S/C31H39F6NO5S3/c1-5-24(26(39)43-27(2,3)4)38-28(18-40-31(44,45)41-19-28)14-13-21-11-12-25(23(17-21)29(32,33)34)46-15-7-9-20-8-6-10-22(16-20)42-30(35,36)37/h6,8,10-12,16-17,24,38,44-45H,5,7,9,13-15,18-19H2,1-4H3. The highest BCUT2D eigenvalue weighted by Gasteiger charge is 2.44. The lowest BCUT2D eigenvalue weighted by Crippen LogP contribution is -2.63. The van der Waals surface area contributed by atoms with E-state index in [-0.39, 0.29) is 36.7 Å². The van der Waals surface area contributed by atoms with Crippen LogP contribution in [0.25, 0.3) is 0 Å². The van der Waals surface area contributed by atoms with Crippen molar-refractivity contribution in [1.29, 1.82) is 0 Å². The first-order chi connectivity index (χ1) is 21.2. The lowest BCUT2D eigenvalue weighted by molar-refractivity contribution is -0.274. The molecule has 15 heteroatoms. The highest BCUT2D eigenvalue weighted by Crippen LogP contribution is 2.39. The second-order valence-electron chi connectivity index (χ2n) is 12.0. The summed E-state index contributed by atoms with van der Waals surface area (Å²) in [4.78, 5) is 12.9. The monoisotopic (exact) mass is 715 g/mol. The summed E-state index contributed by atoms with van der Waals surface area (Å²) in [6, 6.07) is 8.97. The van der Waals surface area contributed by atoms with Gasteiger partial charge in [0.25, 0.3) is 4.45 Å². The van der Waals surface area contributed by atoms with Crippen molar-refractivity contribution in [2.45, 2.75) is 98.9 Å². The molecule has 1 aliphatic heterocycles. The molecular weight excluding hydrogens is 677 g/mol. The molecule has 1 unspecified atom stereocenters. The highest BCUT2D eigenvalue weighted by atomic mass is 32.2. The van der Waals surface area contributed by atoms with Gasteiger partial charge in [0.1, 0.15) is 17.4 Å². The predicted octanol–water partition coefficient (Wildman–Crippen LogP) is 8.23. The number of ether oxygens (including phenoxy) is 4. The molecule has 0 radical (unpaired) electrons. The van der Waals surface area contributed by atoms with E-state index < -0.39 is 45.7 Å². The number of hydrogen-bond donors (Lipinski definition) is 3. The maximum Gasteiger partial charge on any atom is 0.573 e. The van der Waals surface area contributed by atoms with Gasteiger partial charge in [-0.3, -0.25) is 10.1 Å². The van der Waals surface area contributed by atoms with E-state index in [2.05, 4.69) is 35.3 Å². The summed E-state index contributed by atoms with van der Waals surface area (Å²) in [6.45, 7) is 7.15. The second-order valence-corrected chi connectivity index (χ2v) is 14.7. The molecule has 1 heterocycles. The molecule has 0 amide bonds. The minimum Gasteiger partial charge on any atom is -0.459 e. The maximum absolute atomic E-state index is 14.1. The topological polar surface area (TPSA) is 66.0 Å². The molecule has 0 aromatic heterocycles. The number of nitrogens with one attached hydrogen (secondary N) is 1. The van der Waals surface area contributed by atoms with Gasteiger partial charge in [-0.25, -0.2) is 0 Å². The zero-order valence-electron chi connectivity index (χ0n) is 25.9. The van der Waals surface area contributed by atoms with Gasteiger partial charge < -0.3 is 18.9 Å². The summed E-state index contributed by atoms with van der Waals surface area (Å²) < 4.78 is 99.3. The number of rotatable bonds is 13. The predicted molar refractivity (Wildman–Crippen MR) is 170 cm³/mol. The molecule has 0 aliphatic carbocycles. The van der Waals surface area contributed by atoms with Crippen molar-refractivity contribution < 1.29 is 50.1 Å². The minimum absolute atomic E-state index is 0.0323. The molecule has 0 bridgehead atoms. The van der Waals surface area contributed by atoms with Gasteiger partial charge >= 0.3 is 18.5 Å². The van der Waals surface area contributed by atoms with E-state index >= 15 is 0 Å². The van der Waals surface area contributed by atoms with Gasteiger partial charge in [0.2, 0.25) is 0 Å². The van der Waals surface area contributed by atoms with Gasteiger partial charge in [0, 0.05) is 4.90 Å². The Kier molecular flexibility index (Phi) is 13.1. The molecule has 0 spiro atoms. The molecule has 1 saturated heterocycles. The zero-order chi connectivity index (χ0) is 34.4. The number of alkyl halides is 6. The number of carbonyl (C=O) groups excluding carboxylic acids is 1. The molecule has 258 valence electrons. The van der Waals surface area contributed by atoms with Gasteiger partial charge in [-0.1, -0.05) is 25.1 Å². The van der Waals surface area contributed by atoms with Gasteiger partial charge in [0.15, 0.2) is 0 Å². The van der Waals surface area contributed by atoms with Crippen LogP contribution in [-0.4, -0.2) is 52.9 Å². The van der Waals surface area contributed by atoms with Crippen molar-refractivity contribution in [2.75, 3.05) is 19.0 Å². The number of esters is 1. The fourth-order valence-electron chi connectivity index (χ4n) is 4.74. The Balaban J connectivity index is 1.69.